The van der Waals surface area contributed by atoms with Crippen LogP contribution in [-0.2, 0) is 4.79 Å². The number of carbonyl (C=O) groups excluding carboxylic acids is 2. The average Bonchev–Trinajstić information content (AvgIpc) is 3.19. The number of para-hydroxylation sites is 2. The van der Waals surface area contributed by atoms with Gasteiger partial charge in [0.05, 0.1) is 15.1 Å². The molecule has 4 rings (SSSR count). The Bertz CT molecular complexity index is 1170. The van der Waals surface area contributed by atoms with Gasteiger partial charge in [-0.25, -0.2) is 4.98 Å². The quantitative estimate of drug-likeness (QED) is 0.448. The zero-order valence-corrected chi connectivity index (χ0v) is 18.1. The van der Waals surface area contributed by atoms with Crippen LogP contribution in [0.15, 0.2) is 42.5 Å². The third kappa shape index (κ3) is 4.84. The molecule has 2 aromatic carbocycles. The minimum absolute atomic E-state index is 0.0168. The van der Waals surface area contributed by atoms with Gasteiger partial charge in [-0.05, 0) is 31.3 Å². The third-order valence-corrected chi connectivity index (χ3v) is 6.03. The fourth-order valence-electron chi connectivity index (χ4n) is 3.33. The summed E-state index contributed by atoms with van der Waals surface area (Å²) >= 11 is 1.25. The molecule has 10 nitrogen and oxygen atoms in total. The first-order valence-corrected chi connectivity index (χ1v) is 10.8. The maximum Gasteiger partial charge on any atom is 0.310 e. The highest BCUT2D eigenvalue weighted by Crippen LogP contribution is 2.28. The Hall–Kier alpha value is -3.57. The molecule has 0 spiro atoms. The van der Waals surface area contributed by atoms with E-state index in [0.29, 0.717) is 29.3 Å². The van der Waals surface area contributed by atoms with E-state index in [1.54, 1.807) is 24.3 Å². The molecule has 0 unspecified atom stereocenters. The second-order valence-electron chi connectivity index (χ2n) is 7.36. The summed E-state index contributed by atoms with van der Waals surface area (Å²) < 4.78 is 6.08. The zero-order valence-electron chi connectivity index (χ0n) is 17.3. The van der Waals surface area contributed by atoms with Crippen molar-refractivity contribution in [3.8, 4) is 5.75 Å². The van der Waals surface area contributed by atoms with Gasteiger partial charge in [0.25, 0.3) is 11.8 Å². The largest absolute Gasteiger partial charge is 0.477 e. The molecule has 2 amide bonds. The van der Waals surface area contributed by atoms with Crippen molar-refractivity contribution in [2.45, 2.75) is 0 Å². The van der Waals surface area contributed by atoms with Gasteiger partial charge in [0.2, 0.25) is 0 Å². The number of likely N-dealkylation sites (N-methyl/N-ethyl adjacent to an activating group) is 1. The number of nitro benzene ring substituents is 1. The molecule has 166 valence electrons. The highest BCUT2D eigenvalue weighted by Gasteiger charge is 2.21. The number of carbonyl (C=O) groups is 2. The van der Waals surface area contributed by atoms with Crippen molar-refractivity contribution in [1.29, 1.82) is 0 Å². The molecule has 2 heterocycles. The lowest BCUT2D eigenvalue weighted by Gasteiger charge is -2.32. The van der Waals surface area contributed by atoms with Gasteiger partial charge in [-0.3, -0.25) is 25.0 Å². The molecule has 0 radical (unpaired) electrons. The van der Waals surface area contributed by atoms with Gasteiger partial charge >= 0.3 is 5.69 Å². The molecule has 0 saturated carbocycles. The van der Waals surface area contributed by atoms with Crippen molar-refractivity contribution >= 4 is 44.2 Å². The number of anilines is 1. The smallest absolute Gasteiger partial charge is 0.310 e. The Kier molecular flexibility index (Phi) is 6.28. The number of amides is 2. The Morgan fingerprint density at radius 3 is 2.69 bits per heavy atom. The number of nitrogens with one attached hydrogen (secondary N) is 1. The zero-order chi connectivity index (χ0) is 22.7. The number of nitro groups is 1. The number of rotatable bonds is 6. The van der Waals surface area contributed by atoms with E-state index in [2.05, 4.69) is 15.2 Å². The molecule has 0 atom stereocenters. The second-order valence-corrected chi connectivity index (χ2v) is 8.39. The van der Waals surface area contributed by atoms with Gasteiger partial charge in [-0.2, -0.15) is 0 Å². The topological polar surface area (TPSA) is 118 Å². The molecule has 1 N–H and O–H groups in total. The number of hydrogen-bond donors (Lipinski definition) is 1. The van der Waals surface area contributed by atoms with Gasteiger partial charge < -0.3 is 14.5 Å². The van der Waals surface area contributed by atoms with E-state index in [0.717, 1.165) is 17.8 Å². The Balaban J connectivity index is 1.40. The summed E-state index contributed by atoms with van der Waals surface area (Å²) in [5, 5.41) is 14.0. The first-order chi connectivity index (χ1) is 15.4. The first-order valence-electron chi connectivity index (χ1n) is 9.95. The van der Waals surface area contributed by atoms with Gasteiger partial charge in [0.1, 0.15) is 0 Å². The molecule has 3 aromatic rings. The average molecular weight is 455 g/mol. The Morgan fingerprint density at radius 1 is 1.19 bits per heavy atom. The fraction of sp³-hybridized carbons (Fsp3) is 0.286. The Labute approximate surface area is 187 Å². The predicted octanol–water partition coefficient (Wildman–Crippen LogP) is 2.61. The van der Waals surface area contributed by atoms with Crippen LogP contribution in [0.2, 0.25) is 0 Å². The van der Waals surface area contributed by atoms with Crippen molar-refractivity contribution in [2.75, 3.05) is 45.2 Å². The maximum atomic E-state index is 12.8. The highest BCUT2D eigenvalue weighted by molar-refractivity contribution is 7.22. The number of hydrogen-bond acceptors (Lipinski definition) is 8. The van der Waals surface area contributed by atoms with E-state index in [9.17, 15) is 19.7 Å². The van der Waals surface area contributed by atoms with Crippen molar-refractivity contribution in [3.63, 3.8) is 0 Å². The summed E-state index contributed by atoms with van der Waals surface area (Å²) in [6, 6.07) is 11.1. The number of benzene rings is 2. The summed E-state index contributed by atoms with van der Waals surface area (Å²) in [5.41, 5.74) is 1.04. The van der Waals surface area contributed by atoms with E-state index in [4.69, 9.17) is 4.74 Å². The first kappa shape index (κ1) is 21.7. The lowest BCUT2D eigenvalue weighted by molar-refractivity contribution is -0.385. The van der Waals surface area contributed by atoms with Gasteiger partial charge in [-0.1, -0.05) is 23.5 Å². The van der Waals surface area contributed by atoms with Crippen LogP contribution in [0.1, 0.15) is 10.4 Å². The van der Waals surface area contributed by atoms with E-state index in [-0.39, 0.29) is 17.3 Å². The number of ether oxygens (including phenoxy) is 1. The molecule has 1 saturated heterocycles. The molecule has 1 fully saturated rings. The van der Waals surface area contributed by atoms with Gasteiger partial charge in [0.15, 0.2) is 17.5 Å². The minimum Gasteiger partial charge on any atom is -0.477 e. The van der Waals surface area contributed by atoms with Crippen molar-refractivity contribution in [2.24, 2.45) is 0 Å². The van der Waals surface area contributed by atoms with E-state index in [1.165, 1.54) is 29.5 Å². The Morgan fingerprint density at radius 2 is 1.94 bits per heavy atom. The number of fused-ring (bicyclic) bond motifs is 1. The van der Waals surface area contributed by atoms with Crippen molar-refractivity contribution in [1.82, 2.24) is 14.8 Å². The summed E-state index contributed by atoms with van der Waals surface area (Å²) in [4.78, 5) is 43.9. The molecule has 1 aliphatic heterocycles. The van der Waals surface area contributed by atoms with Crippen LogP contribution < -0.4 is 10.1 Å². The molecular weight excluding hydrogens is 434 g/mol. The predicted molar refractivity (Wildman–Crippen MR) is 120 cm³/mol. The SMILES string of the molecule is CN1CCN(C(=O)c2ccc3nc(NC(=O)COc4ccccc4[N+](=O)[O-])sc3c2)CC1. The van der Waals surface area contributed by atoms with Gasteiger partial charge in [0, 0.05) is 37.8 Å². The molecule has 1 aromatic heterocycles. The number of piperazine rings is 1. The van der Waals surface area contributed by atoms with E-state index >= 15 is 0 Å². The summed E-state index contributed by atoms with van der Waals surface area (Å²) in [5.74, 6) is -0.489. The molecule has 32 heavy (non-hydrogen) atoms. The summed E-state index contributed by atoms with van der Waals surface area (Å²) in [7, 11) is 2.03. The third-order valence-electron chi connectivity index (χ3n) is 5.09. The molecule has 0 aliphatic carbocycles. The maximum absolute atomic E-state index is 12.8. The van der Waals surface area contributed by atoms with E-state index < -0.39 is 17.4 Å². The van der Waals surface area contributed by atoms with Crippen LogP contribution >= 0.6 is 11.3 Å². The van der Waals surface area contributed by atoms with Crippen LogP contribution in [0.25, 0.3) is 10.2 Å². The number of nitrogens with zero attached hydrogens (tertiary/aromatic N) is 4. The summed E-state index contributed by atoms with van der Waals surface area (Å²) in [6.45, 7) is 2.68. The van der Waals surface area contributed by atoms with Crippen LogP contribution in [0.5, 0.6) is 5.75 Å². The van der Waals surface area contributed by atoms with Crippen molar-refractivity contribution in [3.05, 3.63) is 58.1 Å². The molecule has 1 aliphatic rings. The standard InChI is InChI=1S/C21H21N5O5S/c1-24-8-10-25(11-9-24)20(28)14-6-7-15-18(12-14)32-21(22-15)23-19(27)13-31-17-5-3-2-4-16(17)26(29)30/h2-7,12H,8-11,13H2,1H3,(H,22,23,27). The molecular formula is C21H21N5O5S. The molecule has 0 bridgehead atoms. The highest BCUT2D eigenvalue weighted by atomic mass is 32.1. The van der Waals surface area contributed by atoms with Crippen LogP contribution in [0, 0.1) is 10.1 Å². The fourth-order valence-corrected chi connectivity index (χ4v) is 4.25. The number of aromatic nitrogens is 1. The van der Waals surface area contributed by atoms with Crippen LogP contribution in [0.3, 0.4) is 0 Å². The van der Waals surface area contributed by atoms with Crippen LogP contribution in [-0.4, -0.2) is 71.4 Å². The second kappa shape index (κ2) is 9.28. The van der Waals surface area contributed by atoms with Crippen LogP contribution in [0.4, 0.5) is 10.8 Å². The number of thiazole rings is 1. The normalized spacial score (nSPS) is 14.3. The van der Waals surface area contributed by atoms with Gasteiger partial charge in [-0.15, -0.1) is 0 Å². The lowest BCUT2D eigenvalue weighted by Crippen LogP contribution is -2.47. The van der Waals surface area contributed by atoms with Crippen molar-refractivity contribution < 1.29 is 19.2 Å². The minimum atomic E-state index is -0.568. The van der Waals surface area contributed by atoms with E-state index in [1.807, 2.05) is 11.9 Å². The molecule has 11 heteroatoms. The lowest BCUT2D eigenvalue weighted by atomic mass is 10.1. The monoisotopic (exact) mass is 455 g/mol. The summed E-state index contributed by atoms with van der Waals surface area (Å²) in [6.07, 6.45) is 0.